The lowest BCUT2D eigenvalue weighted by Crippen LogP contribution is -2.36. The molecule has 2 aromatic heterocycles. The van der Waals surface area contributed by atoms with Crippen LogP contribution in [0.2, 0.25) is 0 Å². The molecule has 3 heterocycles. The van der Waals surface area contributed by atoms with Crippen molar-refractivity contribution in [3.63, 3.8) is 0 Å². The van der Waals surface area contributed by atoms with Gasteiger partial charge in [0.15, 0.2) is 0 Å². The molecule has 5 rings (SSSR count). The first-order valence-corrected chi connectivity index (χ1v) is 10.4. The number of hydrogen-bond acceptors (Lipinski definition) is 4. The third-order valence-electron chi connectivity index (χ3n) is 5.18. The van der Waals surface area contributed by atoms with Gasteiger partial charge in [-0.3, -0.25) is 9.48 Å². The van der Waals surface area contributed by atoms with Gasteiger partial charge in [-0.1, -0.05) is 36.4 Å². The summed E-state index contributed by atoms with van der Waals surface area (Å²) in [6.07, 6.45) is 3.68. The fourth-order valence-electron chi connectivity index (χ4n) is 3.79. The molecule has 29 heavy (non-hydrogen) atoms. The maximum Gasteiger partial charge on any atom is 0.232 e. The zero-order chi connectivity index (χ0) is 19.6. The fraction of sp³-hybridized carbons (Fsp3) is 0.130. The Morgan fingerprint density at radius 2 is 1.79 bits per heavy atom. The van der Waals surface area contributed by atoms with E-state index in [1.807, 2.05) is 70.9 Å². The van der Waals surface area contributed by atoms with Crippen molar-refractivity contribution in [3.8, 4) is 11.5 Å². The van der Waals surface area contributed by atoms with Crippen molar-refractivity contribution in [2.45, 2.75) is 12.0 Å². The monoisotopic (exact) mass is 401 g/mol. The Kier molecular flexibility index (Phi) is 4.62. The summed E-state index contributed by atoms with van der Waals surface area (Å²) in [6.45, 7) is 0.457. The van der Waals surface area contributed by atoms with E-state index in [1.165, 1.54) is 0 Å². The van der Waals surface area contributed by atoms with Crippen molar-refractivity contribution < 1.29 is 9.53 Å². The number of nitrogens with one attached hydrogen (secondary N) is 1. The summed E-state index contributed by atoms with van der Waals surface area (Å²) >= 11 is 1.64. The maximum atomic E-state index is 13.4. The van der Waals surface area contributed by atoms with Crippen molar-refractivity contribution >= 4 is 17.2 Å². The summed E-state index contributed by atoms with van der Waals surface area (Å²) in [6, 6.07) is 19.4. The van der Waals surface area contributed by atoms with Gasteiger partial charge in [0, 0.05) is 30.1 Å². The van der Waals surface area contributed by atoms with E-state index >= 15 is 0 Å². The lowest BCUT2D eigenvalue weighted by molar-refractivity contribution is -0.121. The minimum absolute atomic E-state index is 0.0411. The molecule has 1 aliphatic rings. The molecule has 144 valence electrons. The quantitative estimate of drug-likeness (QED) is 0.532. The molecular formula is C23H19N3O2S. The van der Waals surface area contributed by atoms with Crippen LogP contribution >= 0.6 is 11.3 Å². The van der Waals surface area contributed by atoms with Crippen molar-refractivity contribution in [1.82, 2.24) is 15.1 Å². The second-order valence-electron chi connectivity index (χ2n) is 6.91. The largest absolute Gasteiger partial charge is 0.457 e. The van der Waals surface area contributed by atoms with E-state index < -0.39 is 5.92 Å². The van der Waals surface area contributed by atoms with Crippen LogP contribution < -0.4 is 10.1 Å². The summed E-state index contributed by atoms with van der Waals surface area (Å²) in [5.41, 5.74) is 2.90. The van der Waals surface area contributed by atoms with Crippen LogP contribution in [0.1, 0.15) is 28.7 Å². The lowest BCUT2D eigenvalue weighted by Gasteiger charge is -2.28. The highest BCUT2D eigenvalue weighted by Gasteiger charge is 2.32. The van der Waals surface area contributed by atoms with Crippen molar-refractivity contribution in [2.75, 3.05) is 6.54 Å². The Hall–Kier alpha value is -3.38. The van der Waals surface area contributed by atoms with Gasteiger partial charge in [0.1, 0.15) is 11.5 Å². The first kappa shape index (κ1) is 17.7. The van der Waals surface area contributed by atoms with Gasteiger partial charge in [-0.2, -0.15) is 16.4 Å². The molecule has 4 aromatic rings. The van der Waals surface area contributed by atoms with Crippen LogP contribution in [0, 0.1) is 0 Å². The zero-order valence-corrected chi connectivity index (χ0v) is 16.4. The summed E-state index contributed by atoms with van der Waals surface area (Å²) in [5.74, 6) is 1.01. The van der Waals surface area contributed by atoms with E-state index in [0.29, 0.717) is 6.54 Å². The van der Waals surface area contributed by atoms with Crippen LogP contribution in [0.3, 0.4) is 0 Å². The number of hydrogen-bond donors (Lipinski definition) is 1. The number of carbonyl (C=O) groups excluding carboxylic acids is 1. The number of carbonyl (C=O) groups is 1. The second kappa shape index (κ2) is 7.56. The molecule has 1 N–H and O–H groups in total. The van der Waals surface area contributed by atoms with E-state index in [4.69, 9.17) is 4.74 Å². The third-order valence-corrected chi connectivity index (χ3v) is 5.89. The molecule has 1 aliphatic heterocycles. The van der Waals surface area contributed by atoms with Gasteiger partial charge in [0.05, 0.1) is 12.0 Å². The predicted octanol–water partition coefficient (Wildman–Crippen LogP) is 4.59. The standard InChI is InChI=1S/C23H19N3O2S/c27-23(24-14-19(16-10-13-29-15-16)26-12-5-11-25-26)22-17-6-1-3-8-20(17)28-21-9-4-2-7-18(21)22/h1-13,15,19,22H,14H2,(H,24,27). The summed E-state index contributed by atoms with van der Waals surface area (Å²) in [4.78, 5) is 13.4. The molecule has 0 fully saturated rings. The first-order chi connectivity index (χ1) is 14.3. The topological polar surface area (TPSA) is 56.2 Å². The van der Waals surface area contributed by atoms with Crippen LogP contribution in [0.25, 0.3) is 0 Å². The number of ether oxygens (including phenoxy) is 1. The lowest BCUT2D eigenvalue weighted by atomic mass is 9.87. The van der Waals surface area contributed by atoms with Gasteiger partial charge in [-0.15, -0.1) is 0 Å². The SMILES string of the molecule is O=C(NCC(c1ccsc1)n1cccn1)C1c2ccccc2Oc2ccccc21. The van der Waals surface area contributed by atoms with Gasteiger partial charge in [-0.25, -0.2) is 0 Å². The van der Waals surface area contributed by atoms with Crippen LogP contribution in [-0.4, -0.2) is 22.2 Å². The van der Waals surface area contributed by atoms with E-state index in [0.717, 1.165) is 28.2 Å². The first-order valence-electron chi connectivity index (χ1n) is 9.46. The number of nitrogens with zero attached hydrogens (tertiary/aromatic N) is 2. The van der Waals surface area contributed by atoms with E-state index in [-0.39, 0.29) is 11.9 Å². The molecular weight excluding hydrogens is 382 g/mol. The summed E-state index contributed by atoms with van der Waals surface area (Å²) < 4.78 is 7.89. The molecule has 1 unspecified atom stereocenters. The smallest absolute Gasteiger partial charge is 0.232 e. The number of fused-ring (bicyclic) bond motifs is 2. The Morgan fingerprint density at radius 3 is 2.41 bits per heavy atom. The van der Waals surface area contributed by atoms with Gasteiger partial charge in [-0.05, 0) is 40.6 Å². The molecule has 2 aromatic carbocycles. The van der Waals surface area contributed by atoms with E-state index in [2.05, 4.69) is 21.9 Å². The average Bonchev–Trinajstić information content (AvgIpc) is 3.47. The van der Waals surface area contributed by atoms with Crippen molar-refractivity contribution in [3.05, 3.63) is 101 Å². The second-order valence-corrected chi connectivity index (χ2v) is 7.69. The number of thiophene rings is 1. The highest BCUT2D eigenvalue weighted by molar-refractivity contribution is 7.08. The van der Waals surface area contributed by atoms with Crippen molar-refractivity contribution in [1.29, 1.82) is 0 Å². The van der Waals surface area contributed by atoms with Crippen molar-refractivity contribution in [2.24, 2.45) is 0 Å². The number of aromatic nitrogens is 2. The number of amides is 1. The maximum absolute atomic E-state index is 13.4. The van der Waals surface area contributed by atoms with Crippen LogP contribution in [0.5, 0.6) is 11.5 Å². The van der Waals surface area contributed by atoms with Gasteiger partial charge >= 0.3 is 0 Å². The Morgan fingerprint density at radius 1 is 1.07 bits per heavy atom. The summed E-state index contributed by atoms with van der Waals surface area (Å²) in [7, 11) is 0. The zero-order valence-electron chi connectivity index (χ0n) is 15.6. The molecule has 6 heteroatoms. The fourth-order valence-corrected chi connectivity index (χ4v) is 4.49. The van der Waals surface area contributed by atoms with Gasteiger partial charge < -0.3 is 10.1 Å². The molecule has 0 bridgehead atoms. The highest BCUT2D eigenvalue weighted by Crippen LogP contribution is 2.43. The number of para-hydroxylation sites is 2. The normalized spacial score (nSPS) is 13.8. The van der Waals surface area contributed by atoms with Crippen LogP contribution in [0.4, 0.5) is 0 Å². The van der Waals surface area contributed by atoms with E-state index in [1.54, 1.807) is 17.5 Å². The molecule has 0 aliphatic carbocycles. The molecule has 5 nitrogen and oxygen atoms in total. The molecule has 0 saturated heterocycles. The van der Waals surface area contributed by atoms with Gasteiger partial charge in [0.25, 0.3) is 0 Å². The predicted molar refractivity (Wildman–Crippen MR) is 112 cm³/mol. The third kappa shape index (κ3) is 3.32. The van der Waals surface area contributed by atoms with Gasteiger partial charge in [0.2, 0.25) is 5.91 Å². The Balaban J connectivity index is 1.44. The molecule has 0 spiro atoms. The molecule has 0 saturated carbocycles. The van der Waals surface area contributed by atoms with Crippen LogP contribution in [-0.2, 0) is 4.79 Å². The summed E-state index contributed by atoms with van der Waals surface area (Å²) in [5, 5.41) is 11.7. The Bertz CT molecular complexity index is 1040. The highest BCUT2D eigenvalue weighted by atomic mass is 32.1. The Labute approximate surface area is 172 Å². The number of rotatable bonds is 5. The number of benzene rings is 2. The minimum atomic E-state index is -0.406. The average molecular weight is 401 g/mol. The van der Waals surface area contributed by atoms with Crippen LogP contribution in [0.15, 0.2) is 83.8 Å². The molecule has 1 amide bonds. The minimum Gasteiger partial charge on any atom is -0.457 e. The molecule has 1 atom stereocenters. The molecule has 0 radical (unpaired) electrons. The van der Waals surface area contributed by atoms with E-state index in [9.17, 15) is 4.79 Å².